The van der Waals surface area contributed by atoms with Gasteiger partial charge in [0.15, 0.2) is 0 Å². The highest BCUT2D eigenvalue weighted by Gasteiger charge is 2.17. The van der Waals surface area contributed by atoms with Crippen molar-refractivity contribution >= 4 is 34.5 Å². The van der Waals surface area contributed by atoms with Crippen LogP contribution in [0, 0.1) is 6.92 Å². The van der Waals surface area contributed by atoms with Crippen LogP contribution in [-0.4, -0.2) is 24.9 Å². The van der Waals surface area contributed by atoms with E-state index < -0.39 is 0 Å². The second-order valence-corrected chi connectivity index (χ2v) is 6.61. The molecule has 0 aliphatic heterocycles. The Morgan fingerprint density at radius 1 is 1.33 bits per heavy atom. The summed E-state index contributed by atoms with van der Waals surface area (Å²) in [6.45, 7) is 4.18. The largest absolute Gasteiger partial charge is 0.377 e. The Bertz CT molecular complexity index is 651. The van der Waals surface area contributed by atoms with Crippen molar-refractivity contribution in [1.82, 2.24) is 4.90 Å². The number of anilines is 1. The van der Waals surface area contributed by atoms with Gasteiger partial charge in [-0.1, -0.05) is 11.6 Å². The molecule has 0 spiro atoms. The number of benzene rings is 1. The summed E-state index contributed by atoms with van der Waals surface area (Å²) in [5.41, 5.74) is 2.65. The molecule has 0 bridgehead atoms. The Morgan fingerprint density at radius 3 is 2.62 bits per heavy atom. The van der Waals surface area contributed by atoms with E-state index in [-0.39, 0.29) is 11.9 Å². The molecule has 0 saturated carbocycles. The lowest BCUT2D eigenvalue weighted by atomic mass is 10.1. The first-order valence-electron chi connectivity index (χ1n) is 6.72. The molecule has 5 heteroatoms. The molecule has 0 saturated heterocycles. The average molecular weight is 323 g/mol. The monoisotopic (exact) mass is 322 g/mol. The van der Waals surface area contributed by atoms with Crippen LogP contribution in [0.4, 0.5) is 5.69 Å². The number of thiophene rings is 1. The highest BCUT2D eigenvalue weighted by atomic mass is 35.5. The smallest absolute Gasteiger partial charge is 0.255 e. The Labute approximate surface area is 134 Å². The first-order chi connectivity index (χ1) is 9.90. The maximum absolute atomic E-state index is 12.3. The van der Waals surface area contributed by atoms with E-state index in [1.807, 2.05) is 0 Å². The zero-order valence-electron chi connectivity index (χ0n) is 12.6. The number of hydrogen-bond donors (Lipinski definition) is 1. The summed E-state index contributed by atoms with van der Waals surface area (Å²) >= 11 is 7.79. The number of carbonyl (C=O) groups excluding carboxylic acids is 1. The molecular weight excluding hydrogens is 304 g/mol. The van der Waals surface area contributed by atoms with Gasteiger partial charge in [-0.05, 0) is 49.1 Å². The summed E-state index contributed by atoms with van der Waals surface area (Å²) in [7, 11) is 3.49. The Morgan fingerprint density at radius 2 is 2.05 bits per heavy atom. The number of amides is 1. The molecule has 1 heterocycles. The highest BCUT2D eigenvalue weighted by Crippen LogP contribution is 2.30. The van der Waals surface area contributed by atoms with Crippen LogP contribution in [0.2, 0.25) is 5.02 Å². The van der Waals surface area contributed by atoms with Crippen LogP contribution in [0.25, 0.3) is 0 Å². The van der Waals surface area contributed by atoms with Gasteiger partial charge in [0, 0.05) is 29.7 Å². The number of rotatable bonds is 4. The lowest BCUT2D eigenvalue weighted by Crippen LogP contribution is -2.23. The van der Waals surface area contributed by atoms with Crippen LogP contribution in [0.5, 0.6) is 0 Å². The maximum atomic E-state index is 12.3. The SMILES string of the molecule is Cc1ccsc1C(C)Nc1cc(Cl)ccc1C(=O)N(C)C. The number of hydrogen-bond acceptors (Lipinski definition) is 3. The lowest BCUT2D eigenvalue weighted by molar-refractivity contribution is 0.0828. The molecule has 1 aromatic heterocycles. The summed E-state index contributed by atoms with van der Waals surface area (Å²) in [6, 6.07) is 7.53. The van der Waals surface area contributed by atoms with Crippen LogP contribution in [0.1, 0.15) is 33.8 Å². The molecule has 1 aromatic carbocycles. The summed E-state index contributed by atoms with van der Waals surface area (Å²) < 4.78 is 0. The number of nitrogens with one attached hydrogen (secondary N) is 1. The quantitative estimate of drug-likeness (QED) is 0.893. The number of nitrogens with zero attached hydrogens (tertiary/aromatic N) is 1. The molecule has 112 valence electrons. The standard InChI is InChI=1S/C16H19ClN2OS/c1-10-7-8-21-15(10)11(2)18-14-9-12(17)5-6-13(14)16(20)19(3)4/h5-9,11,18H,1-4H3. The van der Waals surface area contributed by atoms with Crippen LogP contribution in [0.3, 0.4) is 0 Å². The van der Waals surface area contributed by atoms with Gasteiger partial charge in [0.2, 0.25) is 0 Å². The van der Waals surface area contributed by atoms with Crippen LogP contribution >= 0.6 is 22.9 Å². The van der Waals surface area contributed by atoms with Crippen molar-refractivity contribution < 1.29 is 4.79 Å². The van der Waals surface area contributed by atoms with E-state index in [1.165, 1.54) is 10.4 Å². The van der Waals surface area contributed by atoms with Crippen molar-refractivity contribution in [3.63, 3.8) is 0 Å². The minimum Gasteiger partial charge on any atom is -0.377 e. The molecule has 3 nitrogen and oxygen atoms in total. The average Bonchev–Trinajstić information content (AvgIpc) is 2.84. The first kappa shape index (κ1) is 15.9. The predicted octanol–water partition coefficient (Wildman–Crippen LogP) is 4.58. The molecule has 0 fully saturated rings. The van der Waals surface area contributed by atoms with E-state index >= 15 is 0 Å². The van der Waals surface area contributed by atoms with Gasteiger partial charge >= 0.3 is 0 Å². The van der Waals surface area contributed by atoms with Gasteiger partial charge < -0.3 is 10.2 Å². The van der Waals surface area contributed by atoms with Gasteiger partial charge in [0.25, 0.3) is 5.91 Å². The minimum absolute atomic E-state index is 0.0377. The maximum Gasteiger partial charge on any atom is 0.255 e. The Balaban J connectivity index is 2.33. The van der Waals surface area contributed by atoms with Crippen molar-refractivity contribution in [1.29, 1.82) is 0 Å². The van der Waals surface area contributed by atoms with Crippen LogP contribution in [0.15, 0.2) is 29.6 Å². The minimum atomic E-state index is -0.0377. The highest BCUT2D eigenvalue weighted by molar-refractivity contribution is 7.10. The fourth-order valence-corrected chi connectivity index (χ4v) is 3.30. The zero-order chi connectivity index (χ0) is 15.6. The third-order valence-electron chi connectivity index (χ3n) is 3.29. The molecule has 1 unspecified atom stereocenters. The molecule has 2 aromatic rings. The van der Waals surface area contributed by atoms with Crippen LogP contribution in [-0.2, 0) is 0 Å². The Kier molecular flexibility index (Phi) is 4.91. The van der Waals surface area contributed by atoms with Crippen molar-refractivity contribution in [2.24, 2.45) is 0 Å². The summed E-state index contributed by atoms with van der Waals surface area (Å²) in [6.07, 6.45) is 0. The molecule has 21 heavy (non-hydrogen) atoms. The van der Waals surface area contributed by atoms with E-state index in [0.29, 0.717) is 10.6 Å². The topological polar surface area (TPSA) is 32.3 Å². The van der Waals surface area contributed by atoms with Crippen molar-refractivity contribution in [3.05, 3.63) is 50.7 Å². The molecule has 1 amide bonds. The molecular formula is C16H19ClN2OS. The summed E-state index contributed by atoms with van der Waals surface area (Å²) in [4.78, 5) is 15.1. The first-order valence-corrected chi connectivity index (χ1v) is 7.97. The molecule has 1 atom stereocenters. The molecule has 1 N–H and O–H groups in total. The molecule has 0 radical (unpaired) electrons. The number of halogens is 1. The van der Waals surface area contributed by atoms with Gasteiger partial charge in [-0.15, -0.1) is 11.3 Å². The van der Waals surface area contributed by atoms with Gasteiger partial charge in [-0.2, -0.15) is 0 Å². The number of aryl methyl sites for hydroxylation is 1. The third kappa shape index (κ3) is 3.57. The van der Waals surface area contributed by atoms with E-state index in [4.69, 9.17) is 11.6 Å². The zero-order valence-corrected chi connectivity index (χ0v) is 14.2. The normalized spacial score (nSPS) is 12.0. The van der Waals surface area contributed by atoms with Crippen molar-refractivity contribution in [2.45, 2.75) is 19.9 Å². The van der Waals surface area contributed by atoms with Crippen molar-refractivity contribution in [2.75, 3.05) is 19.4 Å². The molecule has 0 aliphatic rings. The van der Waals surface area contributed by atoms with Gasteiger partial charge in [0.05, 0.1) is 11.6 Å². The summed E-state index contributed by atoms with van der Waals surface area (Å²) in [5, 5.41) is 6.10. The predicted molar refractivity (Wildman–Crippen MR) is 90.6 cm³/mol. The van der Waals surface area contributed by atoms with E-state index in [9.17, 15) is 4.79 Å². The number of carbonyl (C=O) groups is 1. The fraction of sp³-hybridized carbons (Fsp3) is 0.312. The van der Waals surface area contributed by atoms with E-state index in [1.54, 1.807) is 48.5 Å². The van der Waals surface area contributed by atoms with E-state index in [2.05, 4.69) is 30.6 Å². The molecule has 0 aliphatic carbocycles. The summed E-state index contributed by atoms with van der Waals surface area (Å²) in [5.74, 6) is -0.0377. The second-order valence-electron chi connectivity index (χ2n) is 5.22. The fourth-order valence-electron chi connectivity index (χ4n) is 2.19. The van der Waals surface area contributed by atoms with Crippen LogP contribution < -0.4 is 5.32 Å². The molecule has 2 rings (SSSR count). The second kappa shape index (κ2) is 6.50. The van der Waals surface area contributed by atoms with Gasteiger partial charge in [0.1, 0.15) is 0 Å². The van der Waals surface area contributed by atoms with Gasteiger partial charge in [-0.25, -0.2) is 0 Å². The van der Waals surface area contributed by atoms with E-state index in [0.717, 1.165) is 5.69 Å². The van der Waals surface area contributed by atoms with Gasteiger partial charge in [-0.3, -0.25) is 4.79 Å². The lowest BCUT2D eigenvalue weighted by Gasteiger charge is -2.19. The third-order valence-corrected chi connectivity index (χ3v) is 4.72. The van der Waals surface area contributed by atoms with Crippen molar-refractivity contribution in [3.8, 4) is 0 Å². The Hall–Kier alpha value is -1.52.